The fourth-order valence-electron chi connectivity index (χ4n) is 3.54. The summed E-state index contributed by atoms with van der Waals surface area (Å²) in [4.78, 5) is 17.0. The molecule has 4 rings (SSSR count). The van der Waals surface area contributed by atoms with Crippen LogP contribution in [-0.4, -0.2) is 32.1 Å². The molecule has 1 N–H and O–H groups in total. The first kappa shape index (κ1) is 16.8. The summed E-state index contributed by atoms with van der Waals surface area (Å²) >= 11 is 0. The van der Waals surface area contributed by atoms with Gasteiger partial charge in [-0.05, 0) is 29.7 Å². The van der Waals surface area contributed by atoms with Crippen LogP contribution in [0.3, 0.4) is 0 Å². The molecule has 126 valence electrons. The van der Waals surface area contributed by atoms with Crippen LogP contribution in [0, 0.1) is 0 Å². The summed E-state index contributed by atoms with van der Waals surface area (Å²) < 4.78 is 0. The standard InChI is InChI=1S/C19H21N3O.ClH/c23-19(22-11-9-15-5-1-4-8-18(15)22)14-21-12-10-20-13-16-6-2-3-7-17(16)21;/h1-8,20H,9-14H2;1H. The lowest BCUT2D eigenvalue weighted by Gasteiger charge is -2.27. The van der Waals surface area contributed by atoms with Crippen molar-refractivity contribution in [1.82, 2.24) is 5.32 Å². The van der Waals surface area contributed by atoms with Gasteiger partial charge in [-0.2, -0.15) is 0 Å². The number of nitrogens with one attached hydrogen (secondary N) is 1. The minimum atomic E-state index is 0. The number of carbonyl (C=O) groups excluding carboxylic acids is 1. The van der Waals surface area contributed by atoms with E-state index in [0.717, 1.165) is 38.3 Å². The normalized spacial score (nSPS) is 16.0. The zero-order chi connectivity index (χ0) is 15.6. The number of para-hydroxylation sites is 2. The number of amides is 1. The fraction of sp³-hybridized carbons (Fsp3) is 0.316. The number of rotatable bonds is 2. The monoisotopic (exact) mass is 343 g/mol. The summed E-state index contributed by atoms with van der Waals surface area (Å²) in [6.45, 7) is 3.86. The van der Waals surface area contributed by atoms with Crippen molar-refractivity contribution in [2.75, 3.05) is 36.0 Å². The first-order valence-electron chi connectivity index (χ1n) is 8.25. The number of halogens is 1. The summed E-state index contributed by atoms with van der Waals surface area (Å²) in [5.74, 6) is 0.187. The molecule has 2 heterocycles. The smallest absolute Gasteiger partial charge is 0.246 e. The van der Waals surface area contributed by atoms with E-state index >= 15 is 0 Å². The molecule has 0 aliphatic carbocycles. The van der Waals surface area contributed by atoms with Gasteiger partial charge in [-0.15, -0.1) is 12.4 Å². The van der Waals surface area contributed by atoms with Crippen molar-refractivity contribution in [2.24, 2.45) is 0 Å². The van der Waals surface area contributed by atoms with Crippen molar-refractivity contribution in [3.63, 3.8) is 0 Å². The Hall–Kier alpha value is -2.04. The van der Waals surface area contributed by atoms with Gasteiger partial charge < -0.3 is 15.1 Å². The topological polar surface area (TPSA) is 35.6 Å². The molecule has 2 aromatic carbocycles. The predicted octanol–water partition coefficient (Wildman–Crippen LogP) is 2.61. The van der Waals surface area contributed by atoms with Crippen molar-refractivity contribution in [2.45, 2.75) is 13.0 Å². The molecule has 0 saturated carbocycles. The largest absolute Gasteiger partial charge is 0.361 e. The number of anilines is 2. The number of carbonyl (C=O) groups is 1. The Morgan fingerprint density at radius 3 is 2.50 bits per heavy atom. The minimum Gasteiger partial charge on any atom is -0.361 e. The lowest BCUT2D eigenvalue weighted by Crippen LogP contribution is -2.41. The lowest BCUT2D eigenvalue weighted by molar-refractivity contribution is -0.117. The van der Waals surface area contributed by atoms with Crippen LogP contribution in [0.15, 0.2) is 48.5 Å². The third-order valence-corrected chi connectivity index (χ3v) is 4.72. The maximum absolute atomic E-state index is 12.9. The highest BCUT2D eigenvalue weighted by Gasteiger charge is 2.26. The van der Waals surface area contributed by atoms with E-state index in [1.54, 1.807) is 0 Å². The Bertz CT molecular complexity index is 734. The Morgan fingerprint density at radius 2 is 1.67 bits per heavy atom. The van der Waals surface area contributed by atoms with Gasteiger partial charge in [0.25, 0.3) is 0 Å². The molecule has 5 heteroatoms. The quantitative estimate of drug-likeness (QED) is 0.910. The van der Waals surface area contributed by atoms with Gasteiger partial charge >= 0.3 is 0 Å². The van der Waals surface area contributed by atoms with E-state index in [-0.39, 0.29) is 18.3 Å². The van der Waals surface area contributed by atoms with E-state index in [0.29, 0.717) is 6.54 Å². The number of nitrogens with zero attached hydrogens (tertiary/aromatic N) is 2. The lowest BCUT2D eigenvalue weighted by atomic mass is 10.1. The van der Waals surface area contributed by atoms with Crippen molar-refractivity contribution in [3.8, 4) is 0 Å². The number of fused-ring (bicyclic) bond motifs is 2. The molecule has 2 aliphatic heterocycles. The van der Waals surface area contributed by atoms with Gasteiger partial charge in [-0.1, -0.05) is 36.4 Å². The maximum Gasteiger partial charge on any atom is 0.246 e. The van der Waals surface area contributed by atoms with Crippen LogP contribution in [0.1, 0.15) is 11.1 Å². The van der Waals surface area contributed by atoms with Crippen molar-refractivity contribution in [1.29, 1.82) is 0 Å². The molecule has 0 saturated heterocycles. The van der Waals surface area contributed by atoms with Crippen LogP contribution < -0.4 is 15.1 Å². The number of hydrogen-bond donors (Lipinski definition) is 1. The molecule has 0 radical (unpaired) electrons. The number of hydrogen-bond acceptors (Lipinski definition) is 3. The molecule has 1 amide bonds. The molecule has 2 aliphatic rings. The van der Waals surface area contributed by atoms with Crippen LogP contribution in [0.25, 0.3) is 0 Å². The van der Waals surface area contributed by atoms with E-state index in [4.69, 9.17) is 0 Å². The summed E-state index contributed by atoms with van der Waals surface area (Å²) in [6.07, 6.45) is 0.958. The van der Waals surface area contributed by atoms with Gasteiger partial charge in [0.15, 0.2) is 0 Å². The predicted molar refractivity (Wildman–Crippen MR) is 100 cm³/mol. The molecule has 24 heavy (non-hydrogen) atoms. The highest BCUT2D eigenvalue weighted by Crippen LogP contribution is 2.28. The first-order chi connectivity index (χ1) is 11.3. The summed E-state index contributed by atoms with van der Waals surface area (Å²) in [6, 6.07) is 16.6. The third kappa shape index (κ3) is 3.12. The van der Waals surface area contributed by atoms with Crippen LogP contribution in [0.5, 0.6) is 0 Å². The summed E-state index contributed by atoms with van der Waals surface area (Å²) in [7, 11) is 0. The second kappa shape index (κ2) is 7.24. The molecule has 0 spiro atoms. The summed E-state index contributed by atoms with van der Waals surface area (Å²) in [5.41, 5.74) is 4.80. The maximum atomic E-state index is 12.9. The van der Waals surface area contributed by atoms with E-state index in [2.05, 4.69) is 40.5 Å². The SMILES string of the molecule is Cl.O=C(CN1CCNCc2ccccc21)N1CCc2ccccc21. The molecule has 0 unspecified atom stereocenters. The highest BCUT2D eigenvalue weighted by atomic mass is 35.5. The zero-order valence-corrected chi connectivity index (χ0v) is 14.4. The minimum absolute atomic E-state index is 0. The van der Waals surface area contributed by atoms with Gasteiger partial charge in [-0.25, -0.2) is 0 Å². The molecule has 0 fully saturated rings. The zero-order valence-electron chi connectivity index (χ0n) is 13.6. The number of benzene rings is 2. The Labute approximate surface area is 148 Å². The van der Waals surface area contributed by atoms with E-state index < -0.39 is 0 Å². The van der Waals surface area contributed by atoms with Gasteiger partial charge in [0.1, 0.15) is 0 Å². The van der Waals surface area contributed by atoms with E-state index in [9.17, 15) is 4.79 Å². The van der Waals surface area contributed by atoms with Crippen molar-refractivity contribution in [3.05, 3.63) is 59.7 Å². The molecular weight excluding hydrogens is 322 g/mol. The fourth-order valence-corrected chi connectivity index (χ4v) is 3.54. The van der Waals surface area contributed by atoms with Crippen LogP contribution in [0.2, 0.25) is 0 Å². The molecular formula is C19H22ClN3O. The van der Waals surface area contributed by atoms with E-state index in [1.807, 2.05) is 23.1 Å². The first-order valence-corrected chi connectivity index (χ1v) is 8.25. The Balaban J connectivity index is 0.00000169. The van der Waals surface area contributed by atoms with Gasteiger partial charge in [0, 0.05) is 37.6 Å². The van der Waals surface area contributed by atoms with E-state index in [1.165, 1.54) is 16.8 Å². The highest BCUT2D eigenvalue weighted by molar-refractivity contribution is 5.98. The molecule has 4 nitrogen and oxygen atoms in total. The van der Waals surface area contributed by atoms with Crippen molar-refractivity contribution >= 4 is 29.7 Å². The Morgan fingerprint density at radius 1 is 0.958 bits per heavy atom. The molecule has 0 aromatic heterocycles. The van der Waals surface area contributed by atoms with Crippen LogP contribution >= 0.6 is 12.4 Å². The molecule has 2 aromatic rings. The third-order valence-electron chi connectivity index (χ3n) is 4.72. The molecule has 0 atom stereocenters. The second-order valence-electron chi connectivity index (χ2n) is 6.15. The average molecular weight is 344 g/mol. The van der Waals surface area contributed by atoms with Crippen LogP contribution in [-0.2, 0) is 17.8 Å². The second-order valence-corrected chi connectivity index (χ2v) is 6.15. The van der Waals surface area contributed by atoms with Crippen molar-refractivity contribution < 1.29 is 4.79 Å². The average Bonchev–Trinajstić information content (AvgIpc) is 2.92. The Kier molecular flexibility index (Phi) is 5.07. The molecule has 0 bridgehead atoms. The van der Waals surface area contributed by atoms with Gasteiger partial charge in [0.2, 0.25) is 5.91 Å². The van der Waals surface area contributed by atoms with Crippen LogP contribution in [0.4, 0.5) is 11.4 Å². The van der Waals surface area contributed by atoms with Gasteiger partial charge in [0.05, 0.1) is 6.54 Å². The van der Waals surface area contributed by atoms with Gasteiger partial charge in [-0.3, -0.25) is 4.79 Å². The summed E-state index contributed by atoms with van der Waals surface area (Å²) in [5, 5.41) is 3.43.